The number of benzene rings is 2. The van der Waals surface area contributed by atoms with E-state index < -0.39 is 11.5 Å². The van der Waals surface area contributed by atoms with Crippen molar-refractivity contribution in [1.29, 1.82) is 0 Å². The lowest BCUT2D eigenvalue weighted by Crippen LogP contribution is -2.48. The molecule has 10 heteroatoms. The fourth-order valence-electron chi connectivity index (χ4n) is 4.68. The lowest BCUT2D eigenvalue weighted by molar-refractivity contribution is -0.131. The van der Waals surface area contributed by atoms with Crippen LogP contribution < -0.4 is 5.32 Å². The van der Waals surface area contributed by atoms with E-state index in [1.165, 1.54) is 0 Å². The number of piperidine rings is 1. The smallest absolute Gasteiger partial charge is 0.230 e. The molecule has 0 aromatic heterocycles. The van der Waals surface area contributed by atoms with Gasteiger partial charge in [0.25, 0.3) is 0 Å². The van der Waals surface area contributed by atoms with Gasteiger partial charge in [-0.2, -0.15) is 0 Å². The van der Waals surface area contributed by atoms with Crippen LogP contribution in [0.4, 0.5) is 0 Å². The first-order valence-electron chi connectivity index (χ1n) is 12.2. The second-order valence-electron chi connectivity index (χ2n) is 9.80. The van der Waals surface area contributed by atoms with Crippen LogP contribution in [0, 0.1) is 0 Å². The molecule has 2 aromatic rings. The lowest BCUT2D eigenvalue weighted by atomic mass is 9.78. The molecule has 0 radical (unpaired) electrons. The predicted molar refractivity (Wildman–Crippen MR) is 151 cm³/mol. The number of carbonyl (C=O) groups excluding carboxylic acids is 2. The Balaban J connectivity index is 1.79. The molecule has 0 saturated carbocycles. The minimum atomic E-state index is -0.953. The van der Waals surface area contributed by atoms with E-state index in [0.717, 1.165) is 31.5 Å². The monoisotopic (exact) mass is 587 g/mol. The largest absolute Gasteiger partial charge is 0.394 e. The van der Waals surface area contributed by atoms with E-state index in [0.29, 0.717) is 38.6 Å². The van der Waals surface area contributed by atoms with E-state index in [2.05, 4.69) is 10.2 Å². The molecule has 2 atom stereocenters. The van der Waals surface area contributed by atoms with Gasteiger partial charge in [0.2, 0.25) is 11.8 Å². The molecule has 37 heavy (non-hydrogen) atoms. The zero-order chi connectivity index (χ0) is 27.3. The van der Waals surface area contributed by atoms with Crippen molar-refractivity contribution in [1.82, 2.24) is 15.1 Å². The Kier molecular flexibility index (Phi) is 10.5. The van der Waals surface area contributed by atoms with Gasteiger partial charge in [-0.25, -0.2) is 0 Å². The molecule has 1 aliphatic heterocycles. The van der Waals surface area contributed by atoms with Crippen LogP contribution in [0.5, 0.6) is 0 Å². The third kappa shape index (κ3) is 7.31. The highest BCUT2D eigenvalue weighted by Crippen LogP contribution is 2.35. The van der Waals surface area contributed by atoms with Crippen molar-refractivity contribution >= 4 is 58.2 Å². The molecule has 2 amide bonds. The number of nitrogens with zero attached hydrogens (tertiary/aromatic N) is 2. The summed E-state index contributed by atoms with van der Waals surface area (Å²) in [6.45, 7) is 5.51. The molecule has 0 bridgehead atoms. The number of amides is 2. The van der Waals surface area contributed by atoms with Gasteiger partial charge in [0, 0.05) is 33.1 Å². The minimum Gasteiger partial charge on any atom is -0.394 e. The van der Waals surface area contributed by atoms with Gasteiger partial charge in [-0.15, -0.1) is 0 Å². The number of halogens is 4. The van der Waals surface area contributed by atoms with Gasteiger partial charge < -0.3 is 20.2 Å². The van der Waals surface area contributed by atoms with E-state index in [1.54, 1.807) is 37.3 Å². The highest BCUT2D eigenvalue weighted by Gasteiger charge is 2.37. The molecule has 0 aliphatic carbocycles. The van der Waals surface area contributed by atoms with Gasteiger partial charge in [-0.3, -0.25) is 9.59 Å². The summed E-state index contributed by atoms with van der Waals surface area (Å²) in [5.74, 6) is -0.176. The first-order chi connectivity index (χ1) is 17.5. The molecule has 202 valence electrons. The normalized spacial score (nSPS) is 17.2. The van der Waals surface area contributed by atoms with Gasteiger partial charge in [0.1, 0.15) is 0 Å². The second kappa shape index (κ2) is 13.0. The number of aliphatic hydroxyl groups is 1. The van der Waals surface area contributed by atoms with Gasteiger partial charge in [-0.1, -0.05) is 58.5 Å². The van der Waals surface area contributed by atoms with Crippen molar-refractivity contribution in [3.05, 3.63) is 67.6 Å². The number of rotatable bonds is 9. The minimum absolute atomic E-state index is 0.0720. The zero-order valence-electron chi connectivity index (χ0n) is 21.2. The molecule has 6 nitrogen and oxygen atoms in total. The quantitative estimate of drug-likeness (QED) is 0.392. The predicted octanol–water partition coefficient (Wildman–Crippen LogP) is 5.74. The Labute approximate surface area is 238 Å². The summed E-state index contributed by atoms with van der Waals surface area (Å²) in [7, 11) is 1.85. The van der Waals surface area contributed by atoms with E-state index in [9.17, 15) is 14.7 Å². The molecule has 1 aliphatic rings. The number of carbonyl (C=O) groups is 2. The second-order valence-corrected chi connectivity index (χ2v) is 11.4. The zero-order valence-corrected chi connectivity index (χ0v) is 24.3. The number of hydrogen-bond acceptors (Lipinski definition) is 4. The summed E-state index contributed by atoms with van der Waals surface area (Å²) in [5, 5.41) is 14.6. The van der Waals surface area contributed by atoms with Crippen molar-refractivity contribution in [2.24, 2.45) is 0 Å². The molecular weight excluding hydrogens is 556 g/mol. The Bertz CT molecular complexity index is 1120. The maximum absolute atomic E-state index is 13.8. The highest BCUT2D eigenvalue weighted by atomic mass is 35.5. The van der Waals surface area contributed by atoms with E-state index >= 15 is 0 Å². The maximum atomic E-state index is 13.8. The highest BCUT2D eigenvalue weighted by molar-refractivity contribution is 6.42. The summed E-state index contributed by atoms with van der Waals surface area (Å²) >= 11 is 24.7. The average Bonchev–Trinajstić information content (AvgIpc) is 2.88. The van der Waals surface area contributed by atoms with Crippen LogP contribution in [-0.4, -0.2) is 66.1 Å². The van der Waals surface area contributed by atoms with Crippen LogP contribution in [0.1, 0.15) is 50.3 Å². The van der Waals surface area contributed by atoms with Gasteiger partial charge in [0.15, 0.2) is 0 Å². The SMILES string of the molecule is CC(=O)N(C)C1CCN(CCC(C)(C(=O)N[C@H](CO)c2ccc(Cl)c(Cl)c2)c2ccc(Cl)c(Cl)c2)CC1. The molecule has 1 unspecified atom stereocenters. The third-order valence-corrected chi connectivity index (χ3v) is 8.90. The molecule has 3 rings (SSSR count). The number of nitrogens with one attached hydrogen (secondary N) is 1. The molecule has 0 spiro atoms. The van der Waals surface area contributed by atoms with Crippen LogP contribution in [0.3, 0.4) is 0 Å². The van der Waals surface area contributed by atoms with Crippen LogP contribution in [0.25, 0.3) is 0 Å². The van der Waals surface area contributed by atoms with Crippen LogP contribution >= 0.6 is 46.4 Å². The summed E-state index contributed by atoms with van der Waals surface area (Å²) in [5.41, 5.74) is 0.431. The van der Waals surface area contributed by atoms with Crippen LogP contribution in [0.15, 0.2) is 36.4 Å². The Hall–Kier alpha value is -1.54. The molecule has 2 aromatic carbocycles. The van der Waals surface area contributed by atoms with Crippen molar-refractivity contribution < 1.29 is 14.7 Å². The first kappa shape index (κ1) is 30.0. The van der Waals surface area contributed by atoms with Gasteiger partial charge in [-0.05, 0) is 68.1 Å². The van der Waals surface area contributed by atoms with E-state index in [-0.39, 0.29) is 24.5 Å². The lowest BCUT2D eigenvalue weighted by Gasteiger charge is -2.38. The molecular formula is C27H33Cl4N3O3. The first-order valence-corrected chi connectivity index (χ1v) is 13.8. The Morgan fingerprint density at radius 1 is 1.05 bits per heavy atom. The van der Waals surface area contributed by atoms with Crippen LogP contribution in [0.2, 0.25) is 20.1 Å². The molecule has 2 N–H and O–H groups in total. The Morgan fingerprint density at radius 3 is 2.19 bits per heavy atom. The van der Waals surface area contributed by atoms with Crippen molar-refractivity contribution in [3.8, 4) is 0 Å². The van der Waals surface area contributed by atoms with Crippen molar-refractivity contribution in [2.45, 2.75) is 50.6 Å². The summed E-state index contributed by atoms with van der Waals surface area (Å²) in [4.78, 5) is 29.7. The van der Waals surface area contributed by atoms with Gasteiger partial charge in [0.05, 0.1) is 38.2 Å². The molecule has 1 heterocycles. The third-order valence-electron chi connectivity index (χ3n) is 7.42. The van der Waals surface area contributed by atoms with Gasteiger partial charge >= 0.3 is 0 Å². The Morgan fingerprint density at radius 2 is 1.65 bits per heavy atom. The van der Waals surface area contributed by atoms with Crippen molar-refractivity contribution in [3.63, 3.8) is 0 Å². The summed E-state index contributed by atoms with van der Waals surface area (Å²) < 4.78 is 0. The summed E-state index contributed by atoms with van der Waals surface area (Å²) in [6.07, 6.45) is 2.29. The number of aliphatic hydroxyl groups excluding tert-OH is 1. The van der Waals surface area contributed by atoms with E-state index in [1.807, 2.05) is 24.9 Å². The van der Waals surface area contributed by atoms with E-state index in [4.69, 9.17) is 46.4 Å². The van der Waals surface area contributed by atoms with Crippen LogP contribution in [-0.2, 0) is 15.0 Å². The topological polar surface area (TPSA) is 72.9 Å². The molecule has 1 fully saturated rings. The standard InChI is InChI=1S/C27H33Cl4N3O3/c1-17(36)33(3)20-8-11-34(12-9-20)13-10-27(2,19-5-7-22(29)24(31)15-19)26(37)32-25(16-35)18-4-6-21(28)23(30)14-18/h4-7,14-15,20,25,35H,8-13,16H2,1-3H3,(H,32,37)/t25-,27?/m1/s1. The number of likely N-dealkylation sites (tertiary alicyclic amines) is 1. The summed E-state index contributed by atoms with van der Waals surface area (Å²) in [6, 6.07) is 9.81. The van der Waals surface area contributed by atoms with Crippen molar-refractivity contribution in [2.75, 3.05) is 33.3 Å². The molecule has 1 saturated heterocycles. The fraction of sp³-hybridized carbons (Fsp3) is 0.481. The number of hydrogen-bond donors (Lipinski definition) is 2. The fourth-order valence-corrected chi connectivity index (χ4v) is 5.28. The maximum Gasteiger partial charge on any atom is 0.230 e. The average molecular weight is 589 g/mol.